The van der Waals surface area contributed by atoms with Crippen LogP contribution in [0.2, 0.25) is 0 Å². The average molecular weight is 238 g/mol. The smallest absolute Gasteiger partial charge is 0.251 e. The molecular weight excluding hydrogens is 228 g/mol. The lowest BCUT2D eigenvalue weighted by atomic mass is 10.1. The number of aromatic nitrogens is 2. The van der Waals surface area contributed by atoms with E-state index in [0.29, 0.717) is 23.4 Å². The standard InChI is InChI=1S/C13H10N4O/c14-8-10-3-1-4-11(7-10)13(18)15-9-12-5-2-6-16-17-12/h1-7H,9H2,(H,15,18). The number of nitrogens with zero attached hydrogens (tertiary/aromatic N) is 3. The Morgan fingerprint density at radius 3 is 2.94 bits per heavy atom. The van der Waals surface area contributed by atoms with Gasteiger partial charge in [-0.05, 0) is 30.3 Å². The predicted molar refractivity (Wildman–Crippen MR) is 64.4 cm³/mol. The number of rotatable bonds is 3. The molecule has 88 valence electrons. The van der Waals surface area contributed by atoms with Gasteiger partial charge in [0.1, 0.15) is 0 Å². The summed E-state index contributed by atoms with van der Waals surface area (Å²) in [6.07, 6.45) is 1.57. The number of nitriles is 1. The van der Waals surface area contributed by atoms with Gasteiger partial charge in [-0.1, -0.05) is 6.07 Å². The monoisotopic (exact) mass is 238 g/mol. The third-order valence-electron chi connectivity index (χ3n) is 2.31. The molecule has 0 unspecified atom stereocenters. The fourth-order valence-electron chi connectivity index (χ4n) is 1.43. The summed E-state index contributed by atoms with van der Waals surface area (Å²) in [7, 11) is 0. The molecule has 2 aromatic rings. The normalized spacial score (nSPS) is 9.50. The predicted octanol–water partition coefficient (Wildman–Crippen LogP) is 1.28. The van der Waals surface area contributed by atoms with Crippen LogP contribution < -0.4 is 5.32 Å². The minimum atomic E-state index is -0.238. The highest BCUT2D eigenvalue weighted by Gasteiger charge is 2.06. The van der Waals surface area contributed by atoms with Crippen LogP contribution in [0.3, 0.4) is 0 Å². The highest BCUT2D eigenvalue weighted by atomic mass is 16.1. The van der Waals surface area contributed by atoms with Gasteiger partial charge in [0.05, 0.1) is 23.9 Å². The summed E-state index contributed by atoms with van der Waals surface area (Å²) in [4.78, 5) is 11.8. The van der Waals surface area contributed by atoms with E-state index in [9.17, 15) is 4.79 Å². The second kappa shape index (κ2) is 5.55. The van der Waals surface area contributed by atoms with Crippen molar-refractivity contribution >= 4 is 5.91 Å². The third kappa shape index (κ3) is 2.89. The number of nitrogens with one attached hydrogen (secondary N) is 1. The lowest BCUT2D eigenvalue weighted by molar-refractivity contribution is 0.0950. The van der Waals surface area contributed by atoms with Gasteiger partial charge in [-0.3, -0.25) is 4.79 Å². The van der Waals surface area contributed by atoms with Gasteiger partial charge >= 0.3 is 0 Å². The fourth-order valence-corrected chi connectivity index (χ4v) is 1.43. The summed E-state index contributed by atoms with van der Waals surface area (Å²) >= 11 is 0. The Morgan fingerprint density at radius 1 is 1.33 bits per heavy atom. The molecule has 0 fully saturated rings. The fraction of sp³-hybridized carbons (Fsp3) is 0.0769. The molecular formula is C13H10N4O. The molecule has 0 saturated carbocycles. The van der Waals surface area contributed by atoms with Crippen molar-refractivity contribution in [2.75, 3.05) is 0 Å². The molecule has 2 rings (SSSR count). The van der Waals surface area contributed by atoms with Crippen molar-refractivity contribution in [2.45, 2.75) is 6.54 Å². The van der Waals surface area contributed by atoms with Crippen LogP contribution in [0.5, 0.6) is 0 Å². The molecule has 5 heteroatoms. The first kappa shape index (κ1) is 11.7. The van der Waals surface area contributed by atoms with E-state index in [1.807, 2.05) is 6.07 Å². The average Bonchev–Trinajstić information content (AvgIpc) is 2.46. The Kier molecular flexibility index (Phi) is 3.62. The Morgan fingerprint density at radius 2 is 2.22 bits per heavy atom. The summed E-state index contributed by atoms with van der Waals surface area (Å²) in [5.41, 5.74) is 1.60. The molecule has 1 N–H and O–H groups in total. The maximum atomic E-state index is 11.8. The van der Waals surface area contributed by atoms with Crippen LogP contribution in [0.25, 0.3) is 0 Å². The Bertz CT molecular complexity index is 589. The molecule has 5 nitrogen and oxygen atoms in total. The molecule has 0 atom stereocenters. The van der Waals surface area contributed by atoms with Gasteiger partial charge in [0.2, 0.25) is 0 Å². The zero-order valence-corrected chi connectivity index (χ0v) is 9.50. The van der Waals surface area contributed by atoms with E-state index in [4.69, 9.17) is 5.26 Å². The van der Waals surface area contributed by atoms with Crippen LogP contribution in [0.4, 0.5) is 0 Å². The van der Waals surface area contributed by atoms with Crippen LogP contribution in [0.1, 0.15) is 21.6 Å². The van der Waals surface area contributed by atoms with Crippen molar-refractivity contribution < 1.29 is 4.79 Å². The largest absolute Gasteiger partial charge is 0.346 e. The molecule has 18 heavy (non-hydrogen) atoms. The van der Waals surface area contributed by atoms with Crippen LogP contribution >= 0.6 is 0 Å². The van der Waals surface area contributed by atoms with Crippen LogP contribution in [0, 0.1) is 11.3 Å². The van der Waals surface area contributed by atoms with Crippen LogP contribution in [-0.2, 0) is 6.54 Å². The van der Waals surface area contributed by atoms with Crippen molar-refractivity contribution in [3.63, 3.8) is 0 Å². The lowest BCUT2D eigenvalue weighted by Gasteiger charge is -2.04. The molecule has 1 heterocycles. The minimum Gasteiger partial charge on any atom is -0.346 e. The second-order valence-electron chi connectivity index (χ2n) is 3.59. The number of hydrogen-bond acceptors (Lipinski definition) is 4. The van der Waals surface area contributed by atoms with E-state index in [1.54, 1.807) is 42.6 Å². The van der Waals surface area contributed by atoms with Crippen LogP contribution in [-0.4, -0.2) is 16.1 Å². The third-order valence-corrected chi connectivity index (χ3v) is 2.31. The number of benzene rings is 1. The SMILES string of the molecule is N#Cc1cccc(C(=O)NCc2cccnn2)c1. The molecule has 0 saturated heterocycles. The summed E-state index contributed by atoms with van der Waals surface area (Å²) in [6.45, 7) is 0.309. The Balaban J connectivity index is 2.02. The van der Waals surface area contributed by atoms with Crippen molar-refractivity contribution in [3.05, 3.63) is 59.4 Å². The van der Waals surface area contributed by atoms with Gasteiger partial charge in [-0.2, -0.15) is 15.5 Å². The zero-order chi connectivity index (χ0) is 12.8. The molecule has 0 aliphatic carbocycles. The molecule has 0 aliphatic heterocycles. The number of carbonyl (C=O) groups excluding carboxylic acids is 1. The summed E-state index contributed by atoms with van der Waals surface area (Å²) in [5.74, 6) is -0.238. The Labute approximate surface area is 104 Å². The van der Waals surface area contributed by atoms with E-state index >= 15 is 0 Å². The maximum Gasteiger partial charge on any atom is 0.251 e. The van der Waals surface area contributed by atoms with E-state index in [2.05, 4.69) is 15.5 Å². The van der Waals surface area contributed by atoms with Crippen LogP contribution in [0.15, 0.2) is 42.6 Å². The van der Waals surface area contributed by atoms with Gasteiger partial charge in [0, 0.05) is 11.8 Å². The molecule has 0 spiro atoms. The molecule has 0 radical (unpaired) electrons. The first-order valence-electron chi connectivity index (χ1n) is 5.34. The van der Waals surface area contributed by atoms with Gasteiger partial charge in [-0.15, -0.1) is 0 Å². The summed E-state index contributed by atoms with van der Waals surface area (Å²) in [6, 6.07) is 12.1. The first-order chi connectivity index (χ1) is 8.79. The first-order valence-corrected chi connectivity index (χ1v) is 5.34. The lowest BCUT2D eigenvalue weighted by Crippen LogP contribution is -2.23. The Hall–Kier alpha value is -2.74. The van der Waals surface area contributed by atoms with Gasteiger partial charge in [0.15, 0.2) is 0 Å². The van der Waals surface area contributed by atoms with E-state index < -0.39 is 0 Å². The van der Waals surface area contributed by atoms with E-state index in [1.165, 1.54) is 0 Å². The van der Waals surface area contributed by atoms with Crippen molar-refractivity contribution in [1.82, 2.24) is 15.5 Å². The highest BCUT2D eigenvalue weighted by molar-refractivity contribution is 5.94. The number of amides is 1. The maximum absolute atomic E-state index is 11.8. The van der Waals surface area contributed by atoms with Crippen molar-refractivity contribution in [3.8, 4) is 6.07 Å². The molecule has 1 amide bonds. The van der Waals surface area contributed by atoms with Gasteiger partial charge < -0.3 is 5.32 Å². The number of hydrogen-bond donors (Lipinski definition) is 1. The molecule has 1 aromatic carbocycles. The zero-order valence-electron chi connectivity index (χ0n) is 9.50. The topological polar surface area (TPSA) is 78.7 Å². The summed E-state index contributed by atoms with van der Waals surface area (Å²) in [5, 5.41) is 19.0. The van der Waals surface area contributed by atoms with Gasteiger partial charge in [-0.25, -0.2) is 0 Å². The highest BCUT2D eigenvalue weighted by Crippen LogP contribution is 2.04. The summed E-state index contributed by atoms with van der Waals surface area (Å²) < 4.78 is 0. The van der Waals surface area contributed by atoms with Crippen molar-refractivity contribution in [1.29, 1.82) is 5.26 Å². The number of carbonyl (C=O) groups is 1. The quantitative estimate of drug-likeness (QED) is 0.873. The second-order valence-corrected chi connectivity index (χ2v) is 3.59. The van der Waals surface area contributed by atoms with E-state index in [-0.39, 0.29) is 5.91 Å². The van der Waals surface area contributed by atoms with Gasteiger partial charge in [0.25, 0.3) is 5.91 Å². The molecule has 0 bridgehead atoms. The van der Waals surface area contributed by atoms with E-state index in [0.717, 1.165) is 0 Å². The molecule has 0 aliphatic rings. The van der Waals surface area contributed by atoms with Crippen molar-refractivity contribution in [2.24, 2.45) is 0 Å². The molecule has 1 aromatic heterocycles. The minimum absolute atomic E-state index is 0.238.